The highest BCUT2D eigenvalue weighted by molar-refractivity contribution is 7.98. The van der Waals surface area contributed by atoms with E-state index in [1.54, 1.807) is 18.7 Å². The Morgan fingerprint density at radius 2 is 1.88 bits per heavy atom. The van der Waals surface area contributed by atoms with Crippen LogP contribution < -0.4 is 0 Å². The number of carbonyl (C=O) groups excluding carboxylic acids is 1. The van der Waals surface area contributed by atoms with Gasteiger partial charge in [0, 0.05) is 23.3 Å². The van der Waals surface area contributed by atoms with Crippen molar-refractivity contribution in [2.75, 3.05) is 0 Å². The lowest BCUT2D eigenvalue weighted by Crippen LogP contribution is -2.06. The number of carbonyl (C=O) groups is 1. The van der Waals surface area contributed by atoms with Gasteiger partial charge in [-0.05, 0) is 75.6 Å². The van der Waals surface area contributed by atoms with Gasteiger partial charge in [-0.3, -0.25) is 4.79 Å². The molecule has 2 saturated carbocycles. The summed E-state index contributed by atoms with van der Waals surface area (Å²) >= 11 is 1.77. The van der Waals surface area contributed by atoms with Crippen LogP contribution in [0.5, 0.6) is 0 Å². The Kier molecular flexibility index (Phi) is 4.22. The van der Waals surface area contributed by atoms with Crippen molar-refractivity contribution < 1.29 is 4.79 Å². The summed E-state index contributed by atoms with van der Waals surface area (Å²) in [6.45, 7) is 7.90. The first kappa shape index (κ1) is 16.8. The Morgan fingerprint density at radius 1 is 1.16 bits per heavy atom. The fourth-order valence-electron chi connectivity index (χ4n) is 3.81. The van der Waals surface area contributed by atoms with Crippen LogP contribution in [0.3, 0.4) is 0 Å². The summed E-state index contributed by atoms with van der Waals surface area (Å²) in [4.78, 5) is 12.0. The van der Waals surface area contributed by atoms with Gasteiger partial charge >= 0.3 is 0 Å². The largest absolute Gasteiger partial charge is 0.303 e. The van der Waals surface area contributed by atoms with E-state index in [1.807, 2.05) is 6.92 Å². The monoisotopic (exact) mass is 355 g/mol. The Balaban J connectivity index is 1.62. The summed E-state index contributed by atoms with van der Waals surface area (Å²) in [6, 6.07) is 2.75. The van der Waals surface area contributed by atoms with Gasteiger partial charge in [0.15, 0.2) is 10.9 Å². The number of benzene rings is 1. The molecular weight excluding hydrogens is 330 g/mol. The van der Waals surface area contributed by atoms with Gasteiger partial charge in [0.1, 0.15) is 5.82 Å². The number of Topliss-reactive ketones (excluding diaryl/α,β-unsaturated/α-hetero) is 1. The summed E-state index contributed by atoms with van der Waals surface area (Å²) in [6.07, 6.45) is 5.02. The van der Waals surface area contributed by atoms with Crippen molar-refractivity contribution in [2.45, 2.75) is 76.2 Å². The molecule has 0 N–H and O–H groups in total. The number of rotatable bonds is 6. The van der Waals surface area contributed by atoms with Gasteiger partial charge in [-0.1, -0.05) is 17.8 Å². The summed E-state index contributed by atoms with van der Waals surface area (Å²) in [5, 5.41) is 10.0. The van der Waals surface area contributed by atoms with E-state index >= 15 is 0 Å². The lowest BCUT2D eigenvalue weighted by atomic mass is 9.92. The normalized spacial score (nSPS) is 17.1. The lowest BCUT2D eigenvalue weighted by Gasteiger charge is -2.16. The third-order valence-electron chi connectivity index (χ3n) is 5.37. The van der Waals surface area contributed by atoms with E-state index in [0.29, 0.717) is 12.0 Å². The van der Waals surface area contributed by atoms with E-state index in [1.165, 1.54) is 42.6 Å². The Labute approximate surface area is 153 Å². The SMILES string of the molecule is CC(=O)c1c(C)cc(C)c(CSc2nnc(C3CC3)n2C2CC2)c1C. The van der Waals surface area contributed by atoms with Gasteiger partial charge in [-0.2, -0.15) is 0 Å². The smallest absolute Gasteiger partial charge is 0.191 e. The average molecular weight is 356 g/mol. The second-order valence-corrected chi connectivity index (χ2v) is 8.49. The molecule has 1 aromatic heterocycles. The predicted molar refractivity (Wildman–Crippen MR) is 100 cm³/mol. The number of aryl methyl sites for hydroxylation is 2. The van der Waals surface area contributed by atoms with Crippen LogP contribution in [0.25, 0.3) is 0 Å². The number of ketones is 1. The molecule has 0 radical (unpaired) electrons. The number of hydrogen-bond acceptors (Lipinski definition) is 4. The molecule has 1 heterocycles. The number of hydrogen-bond donors (Lipinski definition) is 0. The van der Waals surface area contributed by atoms with Crippen LogP contribution in [0.1, 0.15) is 83.0 Å². The Hall–Kier alpha value is -1.62. The molecule has 0 atom stereocenters. The van der Waals surface area contributed by atoms with Crippen LogP contribution in [-0.4, -0.2) is 20.5 Å². The third-order valence-corrected chi connectivity index (χ3v) is 6.34. The minimum atomic E-state index is 0.151. The number of nitrogens with zero attached hydrogens (tertiary/aromatic N) is 3. The highest BCUT2D eigenvalue weighted by atomic mass is 32.2. The van der Waals surface area contributed by atoms with Gasteiger partial charge in [0.2, 0.25) is 0 Å². The van der Waals surface area contributed by atoms with Gasteiger partial charge < -0.3 is 4.57 Å². The minimum absolute atomic E-state index is 0.151. The maximum absolute atomic E-state index is 12.0. The first-order valence-corrected chi connectivity index (χ1v) is 10.1. The zero-order chi connectivity index (χ0) is 17.7. The lowest BCUT2D eigenvalue weighted by molar-refractivity contribution is 0.101. The molecule has 5 heteroatoms. The molecule has 1 aromatic carbocycles. The molecule has 4 rings (SSSR count). The van der Waals surface area contributed by atoms with Crippen LogP contribution in [-0.2, 0) is 5.75 Å². The van der Waals surface area contributed by atoms with Gasteiger partial charge in [0.25, 0.3) is 0 Å². The fourth-order valence-corrected chi connectivity index (χ4v) is 5.01. The van der Waals surface area contributed by atoms with Gasteiger partial charge in [0.05, 0.1) is 0 Å². The molecule has 4 nitrogen and oxygen atoms in total. The van der Waals surface area contributed by atoms with Crippen molar-refractivity contribution in [3.05, 3.63) is 39.7 Å². The fraction of sp³-hybridized carbons (Fsp3) is 0.550. The molecule has 2 aromatic rings. The van der Waals surface area contributed by atoms with Crippen molar-refractivity contribution in [2.24, 2.45) is 0 Å². The summed E-state index contributed by atoms with van der Waals surface area (Å²) in [5.41, 5.74) is 5.60. The maximum atomic E-state index is 12.0. The van der Waals surface area contributed by atoms with Crippen molar-refractivity contribution in [1.82, 2.24) is 14.8 Å². The van der Waals surface area contributed by atoms with Crippen molar-refractivity contribution in [3.63, 3.8) is 0 Å². The van der Waals surface area contributed by atoms with E-state index in [4.69, 9.17) is 0 Å². The molecule has 0 unspecified atom stereocenters. The molecule has 2 fully saturated rings. The Bertz CT molecular complexity index is 847. The highest BCUT2D eigenvalue weighted by Gasteiger charge is 2.36. The van der Waals surface area contributed by atoms with E-state index in [9.17, 15) is 4.79 Å². The average Bonchev–Trinajstić information content (AvgIpc) is 3.45. The van der Waals surface area contributed by atoms with Gasteiger partial charge in [-0.15, -0.1) is 10.2 Å². The second kappa shape index (κ2) is 6.27. The quantitative estimate of drug-likeness (QED) is 0.545. The van der Waals surface area contributed by atoms with Crippen molar-refractivity contribution >= 4 is 17.5 Å². The highest BCUT2D eigenvalue weighted by Crippen LogP contribution is 2.46. The summed E-state index contributed by atoms with van der Waals surface area (Å²) < 4.78 is 2.40. The molecule has 0 saturated heterocycles. The first-order chi connectivity index (χ1) is 12.0. The summed E-state index contributed by atoms with van der Waals surface area (Å²) in [5.74, 6) is 2.83. The molecule has 132 valence electrons. The van der Waals surface area contributed by atoms with Crippen LogP contribution in [0, 0.1) is 20.8 Å². The molecule has 0 bridgehead atoms. The second-order valence-electron chi connectivity index (χ2n) is 7.55. The van der Waals surface area contributed by atoms with E-state index < -0.39 is 0 Å². The van der Waals surface area contributed by atoms with Crippen LogP contribution >= 0.6 is 11.8 Å². The predicted octanol–water partition coefficient (Wildman–Crippen LogP) is 4.91. The van der Waals surface area contributed by atoms with E-state index in [-0.39, 0.29) is 5.78 Å². The van der Waals surface area contributed by atoms with Crippen LogP contribution in [0.4, 0.5) is 0 Å². The third kappa shape index (κ3) is 3.14. The molecule has 2 aliphatic rings. The molecular formula is C20H25N3OS. The maximum Gasteiger partial charge on any atom is 0.191 e. The Morgan fingerprint density at radius 3 is 2.48 bits per heavy atom. The molecule has 25 heavy (non-hydrogen) atoms. The van der Waals surface area contributed by atoms with Crippen molar-refractivity contribution in [3.8, 4) is 0 Å². The number of thioether (sulfide) groups is 1. The zero-order valence-electron chi connectivity index (χ0n) is 15.4. The van der Waals surface area contributed by atoms with Crippen LogP contribution in [0.15, 0.2) is 11.2 Å². The first-order valence-electron chi connectivity index (χ1n) is 9.15. The number of aromatic nitrogens is 3. The van der Waals surface area contributed by atoms with Crippen molar-refractivity contribution in [1.29, 1.82) is 0 Å². The molecule has 0 amide bonds. The van der Waals surface area contributed by atoms with Gasteiger partial charge in [-0.25, -0.2) is 0 Å². The van der Waals surface area contributed by atoms with Crippen LogP contribution in [0.2, 0.25) is 0 Å². The standard InChI is InChI=1S/C20H25N3OS/c1-11-9-12(2)18(14(4)24)13(3)17(11)10-25-20-22-21-19(15-5-6-15)23(20)16-7-8-16/h9,15-16H,5-8,10H2,1-4H3. The minimum Gasteiger partial charge on any atom is -0.303 e. The van der Waals surface area contributed by atoms with E-state index in [2.05, 4.69) is 34.7 Å². The zero-order valence-corrected chi connectivity index (χ0v) is 16.2. The molecule has 2 aliphatic carbocycles. The molecule has 0 aliphatic heterocycles. The summed E-state index contributed by atoms with van der Waals surface area (Å²) in [7, 11) is 0. The van der Waals surface area contributed by atoms with E-state index in [0.717, 1.165) is 27.6 Å². The molecule has 0 spiro atoms. The topological polar surface area (TPSA) is 47.8 Å².